The van der Waals surface area contributed by atoms with Gasteiger partial charge in [-0.25, -0.2) is 9.18 Å². The fourth-order valence-corrected chi connectivity index (χ4v) is 2.29. The first-order valence-corrected chi connectivity index (χ1v) is 7.29. The number of hydrogen-bond acceptors (Lipinski definition) is 3. The number of terminal acetylenes is 1. The third kappa shape index (κ3) is 3.91. The zero-order valence-electron chi connectivity index (χ0n) is 13.2. The van der Waals surface area contributed by atoms with Gasteiger partial charge in [-0.2, -0.15) is 0 Å². The smallest absolute Gasteiger partial charge is 0.410 e. The molecule has 0 aliphatic carbocycles. The first-order valence-electron chi connectivity index (χ1n) is 7.29. The number of carbonyl (C=O) groups excluding carboxylic acids is 1. The molecular formula is C17H21FN2O2. The van der Waals surface area contributed by atoms with E-state index >= 15 is 0 Å². The minimum atomic E-state index is -0.493. The SMILES string of the molecule is C#Cc1cc(N2CCN(C(=O)OC(C)(C)C)CC2)ccc1F. The van der Waals surface area contributed by atoms with Crippen LogP contribution in [0.3, 0.4) is 0 Å². The molecule has 0 spiro atoms. The van der Waals surface area contributed by atoms with Crippen LogP contribution in [0.5, 0.6) is 0 Å². The lowest BCUT2D eigenvalue weighted by Crippen LogP contribution is -2.50. The lowest BCUT2D eigenvalue weighted by Gasteiger charge is -2.36. The lowest BCUT2D eigenvalue weighted by atomic mass is 10.1. The van der Waals surface area contributed by atoms with E-state index in [0.29, 0.717) is 26.2 Å². The molecule has 1 aromatic rings. The average molecular weight is 304 g/mol. The van der Waals surface area contributed by atoms with Crippen LogP contribution < -0.4 is 4.90 Å². The highest BCUT2D eigenvalue weighted by molar-refractivity contribution is 5.68. The molecule has 5 heteroatoms. The Morgan fingerprint density at radius 1 is 1.27 bits per heavy atom. The monoisotopic (exact) mass is 304 g/mol. The summed E-state index contributed by atoms with van der Waals surface area (Å²) in [6, 6.07) is 4.75. The number of anilines is 1. The molecule has 1 heterocycles. The van der Waals surface area contributed by atoms with E-state index in [-0.39, 0.29) is 11.7 Å². The number of nitrogens with zero attached hydrogens (tertiary/aromatic N) is 2. The van der Waals surface area contributed by atoms with Crippen molar-refractivity contribution in [2.24, 2.45) is 0 Å². The van der Waals surface area contributed by atoms with Crippen LogP contribution in [0.1, 0.15) is 26.3 Å². The number of amides is 1. The number of rotatable bonds is 1. The highest BCUT2D eigenvalue weighted by Gasteiger charge is 2.26. The van der Waals surface area contributed by atoms with Crippen molar-refractivity contribution in [3.63, 3.8) is 0 Å². The van der Waals surface area contributed by atoms with Gasteiger partial charge in [0.05, 0.1) is 5.56 Å². The summed E-state index contributed by atoms with van der Waals surface area (Å²) in [7, 11) is 0. The Morgan fingerprint density at radius 2 is 1.91 bits per heavy atom. The van der Waals surface area contributed by atoms with E-state index in [9.17, 15) is 9.18 Å². The van der Waals surface area contributed by atoms with Crippen molar-refractivity contribution in [1.82, 2.24) is 4.90 Å². The molecule has 0 unspecified atom stereocenters. The van der Waals surface area contributed by atoms with Crippen molar-refractivity contribution in [2.75, 3.05) is 31.1 Å². The molecule has 1 saturated heterocycles. The molecule has 0 N–H and O–H groups in total. The normalized spacial score (nSPS) is 15.4. The number of halogens is 1. The van der Waals surface area contributed by atoms with Gasteiger partial charge < -0.3 is 14.5 Å². The van der Waals surface area contributed by atoms with E-state index < -0.39 is 11.4 Å². The van der Waals surface area contributed by atoms with E-state index in [1.54, 1.807) is 17.0 Å². The Labute approximate surface area is 130 Å². The van der Waals surface area contributed by atoms with Crippen LogP contribution in [-0.4, -0.2) is 42.8 Å². The van der Waals surface area contributed by atoms with Gasteiger partial charge in [-0.05, 0) is 39.0 Å². The van der Waals surface area contributed by atoms with Crippen LogP contribution in [0.15, 0.2) is 18.2 Å². The molecule has 1 amide bonds. The van der Waals surface area contributed by atoms with Gasteiger partial charge in [-0.1, -0.05) is 5.92 Å². The summed E-state index contributed by atoms with van der Waals surface area (Å²) < 4.78 is 18.8. The van der Waals surface area contributed by atoms with Gasteiger partial charge in [-0.15, -0.1) is 6.42 Å². The Kier molecular flexibility index (Phi) is 4.60. The summed E-state index contributed by atoms with van der Waals surface area (Å²) in [5.41, 5.74) is 0.637. The number of carbonyl (C=O) groups is 1. The van der Waals surface area contributed by atoms with Gasteiger partial charge in [0.15, 0.2) is 0 Å². The number of ether oxygens (including phenoxy) is 1. The number of benzene rings is 1. The van der Waals surface area contributed by atoms with Crippen molar-refractivity contribution in [2.45, 2.75) is 26.4 Å². The summed E-state index contributed by atoms with van der Waals surface area (Å²) >= 11 is 0. The molecule has 1 aromatic carbocycles. The fourth-order valence-electron chi connectivity index (χ4n) is 2.29. The van der Waals surface area contributed by atoms with Gasteiger partial charge in [0, 0.05) is 31.9 Å². The second kappa shape index (κ2) is 6.27. The quantitative estimate of drug-likeness (QED) is 0.748. The minimum Gasteiger partial charge on any atom is -0.444 e. The molecule has 0 saturated carbocycles. The van der Waals surface area contributed by atoms with Crippen LogP contribution in [0.4, 0.5) is 14.9 Å². The van der Waals surface area contributed by atoms with E-state index in [1.165, 1.54) is 6.07 Å². The largest absolute Gasteiger partial charge is 0.444 e. The third-order valence-corrected chi connectivity index (χ3v) is 3.40. The molecule has 118 valence electrons. The Balaban J connectivity index is 1.98. The molecule has 0 bridgehead atoms. The maximum Gasteiger partial charge on any atom is 0.410 e. The third-order valence-electron chi connectivity index (χ3n) is 3.40. The molecule has 1 aliphatic rings. The summed E-state index contributed by atoms with van der Waals surface area (Å²) in [5, 5.41) is 0. The molecule has 0 atom stereocenters. The van der Waals surface area contributed by atoms with Crippen molar-refractivity contribution in [3.05, 3.63) is 29.6 Å². The maximum absolute atomic E-state index is 13.4. The molecule has 2 rings (SSSR count). The molecule has 4 nitrogen and oxygen atoms in total. The highest BCUT2D eigenvalue weighted by Crippen LogP contribution is 2.20. The minimum absolute atomic E-state index is 0.257. The summed E-state index contributed by atoms with van der Waals surface area (Å²) in [6.07, 6.45) is 5.00. The van der Waals surface area contributed by atoms with Crippen molar-refractivity contribution in [3.8, 4) is 12.3 Å². The molecule has 0 radical (unpaired) electrons. The van der Waals surface area contributed by atoms with Crippen LogP contribution in [0.25, 0.3) is 0 Å². The summed E-state index contributed by atoms with van der Waals surface area (Å²) in [4.78, 5) is 15.8. The van der Waals surface area contributed by atoms with E-state index in [1.807, 2.05) is 20.8 Å². The average Bonchev–Trinajstić information content (AvgIpc) is 2.46. The van der Waals surface area contributed by atoms with Crippen LogP contribution >= 0.6 is 0 Å². The van der Waals surface area contributed by atoms with E-state index in [2.05, 4.69) is 10.8 Å². The van der Waals surface area contributed by atoms with Gasteiger partial charge in [0.1, 0.15) is 11.4 Å². The second-order valence-corrected chi connectivity index (χ2v) is 6.26. The van der Waals surface area contributed by atoms with Crippen molar-refractivity contribution in [1.29, 1.82) is 0 Å². The van der Waals surface area contributed by atoms with Crippen LogP contribution in [-0.2, 0) is 4.74 Å². The van der Waals surface area contributed by atoms with Crippen LogP contribution in [0.2, 0.25) is 0 Å². The summed E-state index contributed by atoms with van der Waals surface area (Å²) in [6.45, 7) is 8.00. The highest BCUT2D eigenvalue weighted by atomic mass is 19.1. The zero-order valence-corrected chi connectivity index (χ0v) is 13.2. The first-order chi connectivity index (χ1) is 10.3. The predicted molar refractivity (Wildman–Crippen MR) is 84.4 cm³/mol. The van der Waals surface area contributed by atoms with Gasteiger partial charge >= 0.3 is 6.09 Å². The Morgan fingerprint density at radius 3 is 2.45 bits per heavy atom. The predicted octanol–water partition coefficient (Wildman–Crippen LogP) is 2.86. The standard InChI is InChI=1S/C17H21FN2O2/c1-5-13-12-14(6-7-15(13)18)19-8-10-20(11-9-19)16(21)22-17(2,3)4/h1,6-7,12H,8-11H2,2-4H3. The van der Waals surface area contributed by atoms with Crippen LogP contribution in [0, 0.1) is 18.2 Å². The number of hydrogen-bond donors (Lipinski definition) is 0. The first kappa shape index (κ1) is 16.2. The Hall–Kier alpha value is -2.22. The topological polar surface area (TPSA) is 32.8 Å². The molecular weight excluding hydrogens is 283 g/mol. The van der Waals surface area contributed by atoms with Gasteiger partial charge in [0.2, 0.25) is 0 Å². The molecule has 1 fully saturated rings. The van der Waals surface area contributed by atoms with Gasteiger partial charge in [0.25, 0.3) is 0 Å². The molecule has 22 heavy (non-hydrogen) atoms. The number of piperazine rings is 1. The zero-order chi connectivity index (χ0) is 16.3. The van der Waals surface area contributed by atoms with Crippen molar-refractivity contribution < 1.29 is 13.9 Å². The Bertz CT molecular complexity index is 594. The molecule has 1 aliphatic heterocycles. The van der Waals surface area contributed by atoms with E-state index in [4.69, 9.17) is 11.2 Å². The second-order valence-electron chi connectivity index (χ2n) is 6.26. The van der Waals surface area contributed by atoms with Gasteiger partial charge in [-0.3, -0.25) is 0 Å². The lowest BCUT2D eigenvalue weighted by molar-refractivity contribution is 0.0240. The molecule has 0 aromatic heterocycles. The fraction of sp³-hybridized carbons (Fsp3) is 0.471. The summed E-state index contributed by atoms with van der Waals surface area (Å²) in [5.74, 6) is 1.95. The maximum atomic E-state index is 13.4. The van der Waals surface area contributed by atoms with Crippen molar-refractivity contribution >= 4 is 11.8 Å². The van der Waals surface area contributed by atoms with E-state index in [0.717, 1.165) is 5.69 Å².